The summed E-state index contributed by atoms with van der Waals surface area (Å²) in [5, 5.41) is 0. The van der Waals surface area contributed by atoms with Gasteiger partial charge in [-0.3, -0.25) is 0 Å². The van der Waals surface area contributed by atoms with Gasteiger partial charge in [0.1, 0.15) is 0 Å². The minimum absolute atomic E-state index is 0.0583. The van der Waals surface area contributed by atoms with Crippen molar-refractivity contribution in [3.05, 3.63) is 0 Å². The van der Waals surface area contributed by atoms with Gasteiger partial charge in [0.25, 0.3) is 5.60 Å². The maximum atomic E-state index is 12.9. The minimum atomic E-state index is -5.51. The number of rotatable bonds is 7. The first-order valence-electron chi connectivity index (χ1n) is 9.21. The standard InChI is InChI=1S/C18H29F6NO2/c1-14(2,3)27-12-16(6-7-16)11-25-8-5-13(9-25)10-26-15(4,17(19,20)21)18(22,23)24/h13H,5-12H2,1-4H3/t13-/m0/s1. The van der Waals surface area contributed by atoms with Crippen LogP contribution in [-0.4, -0.2) is 61.3 Å². The molecule has 1 saturated carbocycles. The molecule has 0 N–H and O–H groups in total. The molecule has 2 rings (SSSR count). The number of ether oxygens (including phenoxy) is 2. The zero-order valence-corrected chi connectivity index (χ0v) is 16.3. The highest BCUT2D eigenvalue weighted by atomic mass is 19.4. The van der Waals surface area contributed by atoms with Gasteiger partial charge < -0.3 is 14.4 Å². The Labute approximate surface area is 156 Å². The van der Waals surface area contributed by atoms with Crippen LogP contribution in [0.2, 0.25) is 0 Å². The van der Waals surface area contributed by atoms with Gasteiger partial charge in [-0.1, -0.05) is 0 Å². The van der Waals surface area contributed by atoms with Gasteiger partial charge in [-0.2, -0.15) is 26.3 Å². The van der Waals surface area contributed by atoms with Crippen LogP contribution in [0.15, 0.2) is 0 Å². The van der Waals surface area contributed by atoms with Crippen LogP contribution >= 0.6 is 0 Å². The van der Waals surface area contributed by atoms with Gasteiger partial charge in [-0.15, -0.1) is 0 Å². The zero-order valence-electron chi connectivity index (χ0n) is 16.3. The number of alkyl halides is 6. The van der Waals surface area contributed by atoms with E-state index in [2.05, 4.69) is 9.64 Å². The summed E-state index contributed by atoms with van der Waals surface area (Å²) in [5.41, 5.74) is -4.31. The van der Waals surface area contributed by atoms with E-state index in [9.17, 15) is 26.3 Å². The number of nitrogens with zero attached hydrogens (tertiary/aromatic N) is 1. The lowest BCUT2D eigenvalue weighted by Gasteiger charge is -2.34. The van der Waals surface area contributed by atoms with Crippen molar-refractivity contribution in [1.29, 1.82) is 0 Å². The van der Waals surface area contributed by atoms with E-state index in [0.29, 0.717) is 26.1 Å². The van der Waals surface area contributed by atoms with Crippen LogP contribution in [0, 0.1) is 11.3 Å². The molecule has 1 heterocycles. The summed E-state index contributed by atoms with van der Waals surface area (Å²) < 4.78 is 87.6. The first-order valence-corrected chi connectivity index (χ1v) is 9.21. The largest absolute Gasteiger partial charge is 0.426 e. The highest BCUT2D eigenvalue weighted by molar-refractivity contribution is 4.97. The van der Waals surface area contributed by atoms with Crippen LogP contribution in [0.3, 0.4) is 0 Å². The van der Waals surface area contributed by atoms with E-state index in [1.165, 1.54) is 0 Å². The van der Waals surface area contributed by atoms with Crippen LogP contribution in [0.1, 0.15) is 47.0 Å². The van der Waals surface area contributed by atoms with Crippen LogP contribution in [-0.2, 0) is 9.47 Å². The van der Waals surface area contributed by atoms with Gasteiger partial charge in [-0.25, -0.2) is 0 Å². The molecular weight excluding hydrogens is 376 g/mol. The summed E-state index contributed by atoms with van der Waals surface area (Å²) in [7, 11) is 0. The molecular formula is C18H29F6NO2. The van der Waals surface area contributed by atoms with Crippen molar-refractivity contribution in [1.82, 2.24) is 4.90 Å². The second kappa shape index (κ2) is 7.37. The van der Waals surface area contributed by atoms with Crippen LogP contribution in [0.4, 0.5) is 26.3 Å². The van der Waals surface area contributed by atoms with E-state index >= 15 is 0 Å². The van der Waals surface area contributed by atoms with Gasteiger partial charge in [0.15, 0.2) is 0 Å². The van der Waals surface area contributed by atoms with Gasteiger partial charge >= 0.3 is 12.4 Å². The third-order valence-electron chi connectivity index (χ3n) is 5.39. The van der Waals surface area contributed by atoms with Crippen molar-refractivity contribution >= 4 is 0 Å². The lowest BCUT2D eigenvalue weighted by Crippen LogP contribution is -2.57. The van der Waals surface area contributed by atoms with Crippen LogP contribution < -0.4 is 0 Å². The van der Waals surface area contributed by atoms with Crippen molar-refractivity contribution in [2.75, 3.05) is 32.8 Å². The van der Waals surface area contributed by atoms with Crippen molar-refractivity contribution in [2.24, 2.45) is 11.3 Å². The van der Waals surface area contributed by atoms with Crippen LogP contribution in [0.25, 0.3) is 0 Å². The summed E-state index contributed by atoms with van der Waals surface area (Å²) in [4.78, 5) is 2.10. The normalized spacial score (nSPS) is 24.4. The summed E-state index contributed by atoms with van der Waals surface area (Å²) in [5.74, 6) is -0.339. The summed E-state index contributed by atoms with van der Waals surface area (Å²) in [6, 6.07) is 0. The van der Waals surface area contributed by atoms with E-state index in [-0.39, 0.29) is 23.9 Å². The topological polar surface area (TPSA) is 21.7 Å². The molecule has 1 aliphatic carbocycles. The lowest BCUT2D eigenvalue weighted by molar-refractivity contribution is -0.375. The Morgan fingerprint density at radius 1 is 0.926 bits per heavy atom. The molecule has 0 radical (unpaired) electrons. The van der Waals surface area contributed by atoms with Gasteiger partial charge in [0.2, 0.25) is 0 Å². The number of likely N-dealkylation sites (tertiary alicyclic amines) is 1. The van der Waals surface area contributed by atoms with Gasteiger partial charge in [0, 0.05) is 18.5 Å². The van der Waals surface area contributed by atoms with E-state index in [4.69, 9.17) is 4.74 Å². The Bertz CT molecular complexity index is 493. The molecule has 3 nitrogen and oxygen atoms in total. The highest BCUT2D eigenvalue weighted by Gasteiger charge is 2.69. The molecule has 0 bridgehead atoms. The monoisotopic (exact) mass is 405 g/mol. The summed E-state index contributed by atoms with van der Waals surface area (Å²) in [6.07, 6.45) is -8.43. The molecule has 1 atom stereocenters. The molecule has 2 fully saturated rings. The quantitative estimate of drug-likeness (QED) is 0.568. The molecule has 0 amide bonds. The molecule has 1 aliphatic heterocycles. The molecule has 160 valence electrons. The van der Waals surface area contributed by atoms with E-state index in [0.717, 1.165) is 19.4 Å². The predicted octanol–water partition coefficient (Wildman–Crippen LogP) is 4.80. The molecule has 0 aromatic rings. The van der Waals surface area contributed by atoms with Crippen molar-refractivity contribution < 1.29 is 35.8 Å². The van der Waals surface area contributed by atoms with Crippen molar-refractivity contribution in [3.63, 3.8) is 0 Å². The zero-order chi connectivity index (χ0) is 20.7. The molecule has 9 heteroatoms. The Morgan fingerprint density at radius 2 is 1.48 bits per heavy atom. The SMILES string of the molecule is CC(C)(C)OCC1(CN2CC[C@H](COC(C)(C(F)(F)F)C(F)(F)F)C2)CC1. The predicted molar refractivity (Wildman–Crippen MR) is 88.4 cm³/mol. The molecule has 0 spiro atoms. The summed E-state index contributed by atoms with van der Waals surface area (Å²) >= 11 is 0. The fraction of sp³-hybridized carbons (Fsp3) is 1.00. The smallest absolute Gasteiger partial charge is 0.375 e. The Morgan fingerprint density at radius 3 is 1.93 bits per heavy atom. The average molecular weight is 405 g/mol. The first-order chi connectivity index (χ1) is 12.1. The molecule has 27 heavy (non-hydrogen) atoms. The third-order valence-corrected chi connectivity index (χ3v) is 5.39. The first kappa shape index (κ1) is 22.7. The number of hydrogen-bond donors (Lipinski definition) is 0. The lowest BCUT2D eigenvalue weighted by atomic mass is 10.0. The number of hydrogen-bond acceptors (Lipinski definition) is 3. The fourth-order valence-electron chi connectivity index (χ4n) is 3.17. The molecule has 2 aliphatic rings. The molecule has 0 aromatic carbocycles. The highest BCUT2D eigenvalue weighted by Crippen LogP contribution is 2.48. The Balaban J connectivity index is 1.84. The fourth-order valence-corrected chi connectivity index (χ4v) is 3.17. The maximum Gasteiger partial charge on any atom is 0.426 e. The third kappa shape index (κ3) is 5.73. The summed E-state index contributed by atoms with van der Waals surface area (Å²) in [6.45, 7) is 7.91. The van der Waals surface area contributed by atoms with Crippen molar-refractivity contribution in [2.45, 2.75) is 70.5 Å². The van der Waals surface area contributed by atoms with Gasteiger partial charge in [0.05, 0.1) is 18.8 Å². The molecule has 0 unspecified atom stereocenters. The van der Waals surface area contributed by atoms with E-state index in [1.54, 1.807) is 0 Å². The number of halogens is 6. The average Bonchev–Trinajstić information content (AvgIpc) is 3.10. The van der Waals surface area contributed by atoms with Crippen LogP contribution in [0.5, 0.6) is 0 Å². The van der Waals surface area contributed by atoms with E-state index < -0.39 is 24.6 Å². The maximum absolute atomic E-state index is 12.9. The second-order valence-electron chi connectivity index (χ2n) is 9.13. The second-order valence-corrected chi connectivity index (χ2v) is 9.13. The van der Waals surface area contributed by atoms with Crippen molar-refractivity contribution in [3.8, 4) is 0 Å². The van der Waals surface area contributed by atoms with E-state index in [1.807, 2.05) is 20.8 Å². The Hall–Kier alpha value is -0.540. The molecule has 0 aromatic heterocycles. The minimum Gasteiger partial charge on any atom is -0.375 e. The van der Waals surface area contributed by atoms with Gasteiger partial charge in [-0.05, 0) is 59.4 Å². The Kier molecular flexibility index (Phi) is 6.21. The molecule has 1 saturated heterocycles.